The van der Waals surface area contributed by atoms with Crippen molar-refractivity contribution in [1.29, 1.82) is 0 Å². The standard InChI is InChI=1S/C15H22N2O2S/c1-12-11-17(8-9-19-12)15(18)16-14-5-3-13(4-6-14)7-10-20-2/h3-6,12H,7-11H2,1-2H3,(H,16,18). The van der Waals surface area contributed by atoms with Crippen molar-refractivity contribution in [1.82, 2.24) is 4.90 Å². The van der Waals surface area contributed by atoms with E-state index in [1.54, 1.807) is 4.90 Å². The van der Waals surface area contributed by atoms with E-state index in [-0.39, 0.29) is 12.1 Å². The summed E-state index contributed by atoms with van der Waals surface area (Å²) < 4.78 is 5.44. The first-order chi connectivity index (χ1) is 9.69. The fourth-order valence-electron chi connectivity index (χ4n) is 2.18. The summed E-state index contributed by atoms with van der Waals surface area (Å²) in [4.78, 5) is 13.9. The fourth-order valence-corrected chi connectivity index (χ4v) is 2.62. The lowest BCUT2D eigenvalue weighted by Gasteiger charge is -2.31. The molecule has 0 aliphatic carbocycles. The van der Waals surface area contributed by atoms with E-state index in [9.17, 15) is 4.79 Å². The minimum Gasteiger partial charge on any atom is -0.375 e. The largest absolute Gasteiger partial charge is 0.375 e. The van der Waals surface area contributed by atoms with Gasteiger partial charge in [-0.1, -0.05) is 12.1 Å². The Labute approximate surface area is 124 Å². The third-order valence-electron chi connectivity index (χ3n) is 3.33. The highest BCUT2D eigenvalue weighted by atomic mass is 32.2. The van der Waals surface area contributed by atoms with Crippen LogP contribution < -0.4 is 5.32 Å². The van der Waals surface area contributed by atoms with Gasteiger partial charge < -0.3 is 15.0 Å². The van der Waals surface area contributed by atoms with Crippen molar-refractivity contribution in [2.24, 2.45) is 0 Å². The Hall–Kier alpha value is -1.20. The number of hydrogen-bond donors (Lipinski definition) is 1. The minimum absolute atomic E-state index is 0.0444. The quantitative estimate of drug-likeness (QED) is 0.928. The molecule has 4 nitrogen and oxygen atoms in total. The number of morpholine rings is 1. The number of nitrogens with zero attached hydrogens (tertiary/aromatic N) is 1. The van der Waals surface area contributed by atoms with E-state index in [1.807, 2.05) is 30.8 Å². The molecule has 1 aliphatic heterocycles. The summed E-state index contributed by atoms with van der Waals surface area (Å²) in [5.41, 5.74) is 2.15. The van der Waals surface area contributed by atoms with Gasteiger partial charge in [-0.2, -0.15) is 11.8 Å². The Balaban J connectivity index is 1.87. The van der Waals surface area contributed by atoms with Crippen LogP contribution in [0.1, 0.15) is 12.5 Å². The highest BCUT2D eigenvalue weighted by Crippen LogP contribution is 2.13. The van der Waals surface area contributed by atoms with E-state index in [0.29, 0.717) is 19.7 Å². The van der Waals surface area contributed by atoms with Gasteiger partial charge in [0, 0.05) is 18.8 Å². The van der Waals surface area contributed by atoms with Crippen LogP contribution in [0.4, 0.5) is 10.5 Å². The third kappa shape index (κ3) is 4.42. The van der Waals surface area contributed by atoms with Gasteiger partial charge in [-0.3, -0.25) is 0 Å². The molecular formula is C15H22N2O2S. The molecule has 1 saturated heterocycles. The van der Waals surface area contributed by atoms with Crippen molar-refractivity contribution in [3.8, 4) is 0 Å². The predicted molar refractivity (Wildman–Crippen MR) is 84.5 cm³/mol. The zero-order chi connectivity index (χ0) is 14.4. The Kier molecular flexibility index (Phi) is 5.73. The topological polar surface area (TPSA) is 41.6 Å². The van der Waals surface area contributed by atoms with Crippen LogP contribution >= 0.6 is 11.8 Å². The first-order valence-corrected chi connectivity index (χ1v) is 8.34. The molecule has 0 spiro atoms. The second-order valence-electron chi connectivity index (χ2n) is 5.00. The van der Waals surface area contributed by atoms with Crippen LogP contribution in [-0.4, -0.2) is 48.7 Å². The highest BCUT2D eigenvalue weighted by Gasteiger charge is 2.21. The number of hydrogen-bond acceptors (Lipinski definition) is 3. The van der Waals surface area contributed by atoms with Crippen molar-refractivity contribution in [2.75, 3.05) is 37.0 Å². The number of benzene rings is 1. The van der Waals surface area contributed by atoms with Gasteiger partial charge in [0.1, 0.15) is 0 Å². The minimum atomic E-state index is -0.0444. The van der Waals surface area contributed by atoms with Crippen LogP contribution in [0.15, 0.2) is 24.3 Å². The number of carbonyl (C=O) groups is 1. The molecule has 0 radical (unpaired) electrons. The molecule has 1 fully saturated rings. The fraction of sp³-hybridized carbons (Fsp3) is 0.533. The van der Waals surface area contributed by atoms with Crippen LogP contribution in [0.25, 0.3) is 0 Å². The molecule has 1 atom stereocenters. The number of anilines is 1. The van der Waals surface area contributed by atoms with Crippen LogP contribution in [-0.2, 0) is 11.2 Å². The van der Waals surface area contributed by atoms with Gasteiger partial charge in [0.25, 0.3) is 0 Å². The van der Waals surface area contributed by atoms with Gasteiger partial charge in [0.15, 0.2) is 0 Å². The zero-order valence-electron chi connectivity index (χ0n) is 12.1. The van der Waals surface area contributed by atoms with Crippen LogP contribution in [0.3, 0.4) is 0 Å². The van der Waals surface area contributed by atoms with Gasteiger partial charge in [-0.15, -0.1) is 0 Å². The van der Waals surface area contributed by atoms with Crippen LogP contribution in [0.2, 0.25) is 0 Å². The molecule has 2 rings (SSSR count). The summed E-state index contributed by atoms with van der Waals surface area (Å²) in [6, 6.07) is 8.05. The summed E-state index contributed by atoms with van der Waals surface area (Å²) in [5.74, 6) is 1.12. The van der Waals surface area contributed by atoms with E-state index in [2.05, 4.69) is 23.7 Å². The van der Waals surface area contributed by atoms with Gasteiger partial charge >= 0.3 is 6.03 Å². The molecule has 0 bridgehead atoms. The van der Waals surface area contributed by atoms with Gasteiger partial charge in [0.2, 0.25) is 0 Å². The summed E-state index contributed by atoms with van der Waals surface area (Å²) in [6.07, 6.45) is 3.29. The predicted octanol–water partition coefficient (Wildman–Crippen LogP) is 2.84. The van der Waals surface area contributed by atoms with E-state index in [4.69, 9.17) is 4.74 Å². The number of nitrogens with one attached hydrogen (secondary N) is 1. The maximum Gasteiger partial charge on any atom is 0.322 e. The average molecular weight is 294 g/mol. The summed E-state index contributed by atoms with van der Waals surface area (Å²) in [6.45, 7) is 3.90. The molecule has 1 heterocycles. The maximum absolute atomic E-state index is 12.1. The molecule has 0 saturated carbocycles. The second-order valence-corrected chi connectivity index (χ2v) is 5.98. The summed E-state index contributed by atoms with van der Waals surface area (Å²) >= 11 is 1.84. The molecule has 0 aromatic heterocycles. The number of thioether (sulfide) groups is 1. The first-order valence-electron chi connectivity index (χ1n) is 6.94. The summed E-state index contributed by atoms with van der Waals surface area (Å²) in [7, 11) is 0. The van der Waals surface area contributed by atoms with E-state index in [0.717, 1.165) is 17.9 Å². The number of urea groups is 1. The van der Waals surface area contributed by atoms with Gasteiger partial charge in [-0.05, 0) is 43.0 Å². The number of aryl methyl sites for hydroxylation is 1. The molecular weight excluding hydrogens is 272 g/mol. The molecule has 2 amide bonds. The highest BCUT2D eigenvalue weighted by molar-refractivity contribution is 7.98. The molecule has 1 unspecified atom stereocenters. The van der Waals surface area contributed by atoms with E-state index < -0.39 is 0 Å². The number of rotatable bonds is 4. The molecule has 1 aromatic carbocycles. The Morgan fingerprint density at radius 1 is 1.45 bits per heavy atom. The lowest BCUT2D eigenvalue weighted by Crippen LogP contribution is -2.46. The molecule has 1 aliphatic rings. The summed E-state index contributed by atoms with van der Waals surface area (Å²) in [5, 5.41) is 2.94. The Morgan fingerprint density at radius 3 is 2.85 bits per heavy atom. The van der Waals surface area contributed by atoms with Crippen molar-refractivity contribution in [2.45, 2.75) is 19.4 Å². The maximum atomic E-state index is 12.1. The molecule has 110 valence electrons. The number of amides is 2. The molecule has 5 heteroatoms. The third-order valence-corrected chi connectivity index (χ3v) is 3.94. The van der Waals surface area contributed by atoms with Crippen molar-refractivity contribution in [3.63, 3.8) is 0 Å². The van der Waals surface area contributed by atoms with Gasteiger partial charge in [-0.25, -0.2) is 4.79 Å². The second kappa shape index (κ2) is 7.55. The lowest BCUT2D eigenvalue weighted by atomic mass is 10.1. The van der Waals surface area contributed by atoms with Crippen molar-refractivity contribution < 1.29 is 9.53 Å². The molecule has 20 heavy (non-hydrogen) atoms. The van der Waals surface area contributed by atoms with E-state index >= 15 is 0 Å². The zero-order valence-corrected chi connectivity index (χ0v) is 12.9. The van der Waals surface area contributed by atoms with Crippen molar-refractivity contribution >= 4 is 23.5 Å². The normalized spacial score (nSPS) is 18.9. The average Bonchev–Trinajstić information content (AvgIpc) is 2.46. The van der Waals surface area contributed by atoms with Crippen LogP contribution in [0, 0.1) is 0 Å². The van der Waals surface area contributed by atoms with Crippen molar-refractivity contribution in [3.05, 3.63) is 29.8 Å². The molecule has 1 N–H and O–H groups in total. The SMILES string of the molecule is CSCCc1ccc(NC(=O)N2CCOC(C)C2)cc1. The Morgan fingerprint density at radius 2 is 2.20 bits per heavy atom. The van der Waals surface area contributed by atoms with Gasteiger partial charge in [0.05, 0.1) is 12.7 Å². The smallest absolute Gasteiger partial charge is 0.322 e. The first kappa shape index (κ1) is 15.2. The number of carbonyl (C=O) groups excluding carboxylic acids is 1. The monoisotopic (exact) mass is 294 g/mol. The van der Waals surface area contributed by atoms with E-state index in [1.165, 1.54) is 5.56 Å². The number of ether oxygens (including phenoxy) is 1. The van der Waals surface area contributed by atoms with Crippen LogP contribution in [0.5, 0.6) is 0 Å². The Bertz CT molecular complexity index is 436. The lowest BCUT2D eigenvalue weighted by molar-refractivity contribution is -0.00138. The molecule has 1 aromatic rings.